The Bertz CT molecular complexity index is 2310. The predicted octanol–water partition coefficient (Wildman–Crippen LogP) is 6.08. The number of ketones is 1. The molecule has 1 aliphatic heterocycles. The van der Waals surface area contributed by atoms with Crippen molar-refractivity contribution in [2.45, 2.75) is 110 Å². The molecule has 1 saturated heterocycles. The number of amides is 6. The van der Waals surface area contributed by atoms with E-state index in [-0.39, 0.29) is 24.3 Å². The van der Waals surface area contributed by atoms with Gasteiger partial charge in [-0.2, -0.15) is 0 Å². The molecule has 0 bridgehead atoms. The van der Waals surface area contributed by atoms with E-state index in [0.717, 1.165) is 12.5 Å². The summed E-state index contributed by atoms with van der Waals surface area (Å²) >= 11 is 0. The van der Waals surface area contributed by atoms with E-state index in [1.807, 2.05) is 30.3 Å². The molecule has 0 saturated carbocycles. The second-order valence-electron chi connectivity index (χ2n) is 17.4. The average Bonchev–Trinajstić information content (AvgIpc) is 3.41. The molecular weight excluding hydrogens is 805 g/mol. The van der Waals surface area contributed by atoms with Crippen LogP contribution in [0.1, 0.15) is 84.1 Å². The van der Waals surface area contributed by atoms with Crippen molar-refractivity contribution in [2.75, 3.05) is 4.90 Å². The highest BCUT2D eigenvalue weighted by molar-refractivity contribution is 6.24. The molecule has 0 radical (unpaired) electrons. The van der Waals surface area contributed by atoms with Crippen LogP contribution in [0.5, 0.6) is 0 Å². The molecule has 15 heteroatoms. The van der Waals surface area contributed by atoms with Crippen LogP contribution >= 0.6 is 0 Å². The Morgan fingerprint density at radius 3 is 1.67 bits per heavy atom. The van der Waals surface area contributed by atoms with Gasteiger partial charge in [0.15, 0.2) is 5.78 Å². The van der Waals surface area contributed by atoms with E-state index in [1.54, 1.807) is 81.4 Å². The maximum atomic E-state index is 15.6. The topological polar surface area (TPSA) is 198 Å². The number of para-hydroxylation sites is 1. The van der Waals surface area contributed by atoms with Crippen LogP contribution in [0.2, 0.25) is 0 Å². The number of nitrogens with two attached hydrogens (primary N) is 1. The number of nitrogens with zero attached hydrogens (tertiary/aromatic N) is 3. The van der Waals surface area contributed by atoms with Crippen molar-refractivity contribution < 1.29 is 43.0 Å². The Morgan fingerprint density at radius 2 is 1.17 bits per heavy atom. The minimum Gasteiger partial charge on any atom is -0.460 e. The molecule has 0 spiro atoms. The molecular formula is C48H56N6O9. The Hall–Kier alpha value is -6.87. The Kier molecular flexibility index (Phi) is 14.3. The zero-order chi connectivity index (χ0) is 46.3. The molecule has 5 rings (SSSR count). The second kappa shape index (κ2) is 19.0. The minimum atomic E-state index is -3.14. The minimum absolute atomic E-state index is 0.100. The Morgan fingerprint density at radius 1 is 0.698 bits per heavy atom. The first kappa shape index (κ1) is 47.2. The summed E-state index contributed by atoms with van der Waals surface area (Å²) in [6, 6.07) is 29.1. The Balaban J connectivity index is 1.64. The standard InChI is InChI=1S/C48H56N6O9/c1-32(55)48(42(59)63-46(5,6)7,53(37-22-16-11-17-23-37)40(57)38(49)28-39(56)62-45(2,3)4)54-41(58)47(8,52(44(54)61)31-35-20-14-10-15-21-35)36-26-24-34(25-27-36)30-51-43(60)50-29-33-18-12-9-13-19-33/h9-27,38H,28-31,49H2,1-8H3,(H2,50,51,60)/t38-,47+,48-/m0/s1. The fraction of sp³-hybridized carbons (Fsp3) is 0.354. The number of hydrogen-bond acceptors (Lipinski definition) is 10. The molecule has 0 unspecified atom stereocenters. The lowest BCUT2D eigenvalue weighted by Crippen LogP contribution is -2.75. The number of anilines is 1. The summed E-state index contributed by atoms with van der Waals surface area (Å²) in [5, 5.41) is 5.62. The summed E-state index contributed by atoms with van der Waals surface area (Å²) < 4.78 is 11.3. The van der Waals surface area contributed by atoms with E-state index in [0.29, 0.717) is 27.5 Å². The van der Waals surface area contributed by atoms with Crippen LogP contribution in [0.25, 0.3) is 0 Å². The number of ether oxygens (including phenoxy) is 2. The van der Waals surface area contributed by atoms with Crippen LogP contribution < -0.4 is 21.3 Å². The Labute approximate surface area is 367 Å². The molecule has 4 aromatic carbocycles. The van der Waals surface area contributed by atoms with E-state index >= 15 is 14.4 Å². The quantitative estimate of drug-likeness (QED) is 0.0715. The largest absolute Gasteiger partial charge is 0.460 e. The second-order valence-corrected chi connectivity index (χ2v) is 17.4. The van der Waals surface area contributed by atoms with Gasteiger partial charge in [0.25, 0.3) is 11.6 Å². The van der Waals surface area contributed by atoms with Gasteiger partial charge in [-0.25, -0.2) is 19.3 Å². The average molecular weight is 861 g/mol. The first-order valence-electron chi connectivity index (χ1n) is 20.6. The normalized spacial score (nSPS) is 16.7. The summed E-state index contributed by atoms with van der Waals surface area (Å²) in [5.74, 6) is -5.58. The number of urea groups is 2. The zero-order valence-corrected chi connectivity index (χ0v) is 37.0. The van der Waals surface area contributed by atoms with Crippen molar-refractivity contribution in [2.24, 2.45) is 5.73 Å². The zero-order valence-electron chi connectivity index (χ0n) is 37.0. The van der Waals surface area contributed by atoms with Gasteiger partial charge in [-0.05, 0) is 89.8 Å². The van der Waals surface area contributed by atoms with Gasteiger partial charge < -0.3 is 30.7 Å². The fourth-order valence-electron chi connectivity index (χ4n) is 7.22. The van der Waals surface area contributed by atoms with Gasteiger partial charge in [-0.3, -0.25) is 24.1 Å². The van der Waals surface area contributed by atoms with Gasteiger partial charge in [0.1, 0.15) is 16.7 Å². The van der Waals surface area contributed by atoms with Gasteiger partial charge in [-0.15, -0.1) is 0 Å². The van der Waals surface area contributed by atoms with E-state index < -0.39 is 76.5 Å². The van der Waals surface area contributed by atoms with Gasteiger partial charge in [0.2, 0.25) is 5.91 Å². The first-order chi connectivity index (χ1) is 29.6. The molecule has 15 nitrogen and oxygen atoms in total. The molecule has 4 aromatic rings. The molecule has 0 aliphatic carbocycles. The third-order valence-electron chi connectivity index (χ3n) is 10.2. The molecule has 1 aliphatic rings. The van der Waals surface area contributed by atoms with Crippen molar-refractivity contribution in [1.82, 2.24) is 20.4 Å². The van der Waals surface area contributed by atoms with E-state index in [1.165, 1.54) is 56.9 Å². The lowest BCUT2D eigenvalue weighted by molar-refractivity contribution is -0.174. The van der Waals surface area contributed by atoms with Crippen molar-refractivity contribution in [1.29, 1.82) is 0 Å². The third-order valence-corrected chi connectivity index (χ3v) is 10.2. The van der Waals surface area contributed by atoms with Crippen LogP contribution in [0, 0.1) is 0 Å². The van der Waals surface area contributed by atoms with Crippen LogP contribution in [0.4, 0.5) is 15.3 Å². The van der Waals surface area contributed by atoms with Crippen molar-refractivity contribution in [3.8, 4) is 0 Å². The van der Waals surface area contributed by atoms with E-state index in [9.17, 15) is 19.2 Å². The number of benzene rings is 4. The van der Waals surface area contributed by atoms with Crippen molar-refractivity contribution >= 4 is 47.3 Å². The summed E-state index contributed by atoms with van der Waals surface area (Å²) in [7, 11) is 0. The SMILES string of the molecule is CC(=O)[C@@](C(=O)OC(C)(C)C)(N1C(=O)N(Cc2ccccc2)[C@](C)(c2ccc(CNC(=O)NCc3ccccc3)cc2)C1=O)N(C(=O)[C@@H](N)CC(=O)OC(C)(C)C)c1ccccc1. The number of esters is 2. The highest BCUT2D eigenvalue weighted by Gasteiger charge is 2.70. The number of imide groups is 1. The lowest BCUT2D eigenvalue weighted by Gasteiger charge is -2.45. The first-order valence-corrected chi connectivity index (χ1v) is 20.6. The molecule has 1 fully saturated rings. The smallest absolute Gasteiger partial charge is 0.363 e. The van der Waals surface area contributed by atoms with Gasteiger partial charge >= 0.3 is 24.0 Å². The maximum absolute atomic E-state index is 15.6. The molecule has 1 heterocycles. The van der Waals surface area contributed by atoms with Crippen molar-refractivity contribution in [3.05, 3.63) is 138 Å². The fourth-order valence-corrected chi connectivity index (χ4v) is 7.22. The third kappa shape index (κ3) is 10.6. The molecule has 4 N–H and O–H groups in total. The summed E-state index contributed by atoms with van der Waals surface area (Å²) in [6.45, 7) is 12.2. The van der Waals surface area contributed by atoms with Gasteiger partial charge in [-0.1, -0.05) is 103 Å². The van der Waals surface area contributed by atoms with Gasteiger partial charge in [0.05, 0.1) is 12.5 Å². The monoisotopic (exact) mass is 860 g/mol. The molecule has 0 aromatic heterocycles. The van der Waals surface area contributed by atoms with Crippen LogP contribution in [-0.2, 0) is 58.6 Å². The molecule has 332 valence electrons. The van der Waals surface area contributed by atoms with E-state index in [4.69, 9.17) is 15.2 Å². The van der Waals surface area contributed by atoms with Crippen LogP contribution in [0.3, 0.4) is 0 Å². The predicted molar refractivity (Wildman–Crippen MR) is 235 cm³/mol. The highest BCUT2D eigenvalue weighted by atomic mass is 16.6. The highest BCUT2D eigenvalue weighted by Crippen LogP contribution is 2.45. The molecule has 3 atom stereocenters. The van der Waals surface area contributed by atoms with Gasteiger partial charge in [0, 0.05) is 25.3 Å². The van der Waals surface area contributed by atoms with Crippen LogP contribution in [0.15, 0.2) is 115 Å². The number of carbonyl (C=O) groups excluding carboxylic acids is 7. The summed E-state index contributed by atoms with van der Waals surface area (Å²) in [5.41, 5.74) is 1.52. The summed E-state index contributed by atoms with van der Waals surface area (Å²) in [6.07, 6.45) is -0.683. The maximum Gasteiger partial charge on any atom is 0.363 e. The number of hydrogen-bond donors (Lipinski definition) is 3. The van der Waals surface area contributed by atoms with Crippen LogP contribution in [-0.4, -0.2) is 74.3 Å². The number of rotatable bonds is 15. The molecule has 6 amide bonds. The lowest BCUT2D eigenvalue weighted by atomic mass is 9.88. The summed E-state index contributed by atoms with van der Waals surface area (Å²) in [4.78, 5) is 104. The number of carbonyl (C=O) groups is 7. The molecule has 63 heavy (non-hydrogen) atoms. The van der Waals surface area contributed by atoms with E-state index in [2.05, 4.69) is 10.6 Å². The number of Topliss-reactive ketones (excluding diaryl/α,β-unsaturated/α-hetero) is 1. The number of nitrogens with one attached hydrogen (secondary N) is 2. The van der Waals surface area contributed by atoms with Crippen molar-refractivity contribution in [3.63, 3.8) is 0 Å².